The van der Waals surface area contributed by atoms with Crippen LogP contribution in [0.25, 0.3) is 0 Å². The largest absolute Gasteiger partial charge is 0.508 e. The van der Waals surface area contributed by atoms with E-state index in [0.717, 1.165) is 5.33 Å². The number of halogens is 1. The summed E-state index contributed by atoms with van der Waals surface area (Å²) in [4.78, 5) is 0. The van der Waals surface area contributed by atoms with E-state index in [4.69, 9.17) is 13.3 Å². The predicted molar refractivity (Wildman–Crippen MR) is 88.1 cm³/mol. The molecule has 20 heavy (non-hydrogen) atoms. The molecule has 1 aromatic rings. The van der Waals surface area contributed by atoms with Crippen LogP contribution in [0.5, 0.6) is 0 Å². The molecule has 0 aliphatic rings. The van der Waals surface area contributed by atoms with Gasteiger partial charge in [0.1, 0.15) is 0 Å². The Labute approximate surface area is 132 Å². The number of rotatable bonds is 9. The first-order valence-corrected chi connectivity index (χ1v) is 10.1. The Hall–Kier alpha value is -0.203. The fourth-order valence-electron chi connectivity index (χ4n) is 2.20. The van der Waals surface area contributed by atoms with Gasteiger partial charge >= 0.3 is 8.80 Å². The Bertz CT molecular complexity index is 366. The lowest BCUT2D eigenvalue weighted by Crippen LogP contribution is -2.51. The molecule has 0 aromatic heterocycles. The number of alkyl halides is 1. The van der Waals surface area contributed by atoms with Gasteiger partial charge in [-0.3, -0.25) is 0 Å². The van der Waals surface area contributed by atoms with Crippen LogP contribution in [-0.4, -0.2) is 28.6 Å². The summed E-state index contributed by atoms with van der Waals surface area (Å²) in [5, 5.41) is 0.868. The molecule has 3 nitrogen and oxygen atoms in total. The zero-order chi connectivity index (χ0) is 15.0. The third kappa shape index (κ3) is 4.40. The summed E-state index contributed by atoms with van der Waals surface area (Å²) in [7, 11) is -2.68. The van der Waals surface area contributed by atoms with Crippen molar-refractivity contribution < 1.29 is 13.3 Å². The lowest BCUT2D eigenvalue weighted by atomic mass is 10.1. The van der Waals surface area contributed by atoms with Crippen molar-refractivity contribution in [2.45, 2.75) is 38.6 Å². The SMILES string of the molecule is CCO[Si](OCC)(OCC)C(C)c1ccc(CBr)cc1. The van der Waals surface area contributed by atoms with Gasteiger partial charge in [0.15, 0.2) is 0 Å². The zero-order valence-electron chi connectivity index (χ0n) is 12.8. The molecular formula is C15H25BrO3Si. The molecule has 0 saturated carbocycles. The average molecular weight is 361 g/mol. The first kappa shape index (κ1) is 17.8. The minimum absolute atomic E-state index is 0.131. The van der Waals surface area contributed by atoms with Crippen LogP contribution in [0.4, 0.5) is 0 Å². The molecule has 1 aromatic carbocycles. The summed E-state index contributed by atoms with van der Waals surface area (Å²) in [6, 6.07) is 8.54. The van der Waals surface area contributed by atoms with Crippen molar-refractivity contribution in [3.63, 3.8) is 0 Å². The van der Waals surface area contributed by atoms with Gasteiger partial charge in [-0.2, -0.15) is 0 Å². The van der Waals surface area contributed by atoms with E-state index in [1.54, 1.807) is 0 Å². The molecule has 1 atom stereocenters. The van der Waals surface area contributed by atoms with E-state index in [1.165, 1.54) is 11.1 Å². The zero-order valence-corrected chi connectivity index (χ0v) is 15.4. The van der Waals surface area contributed by atoms with Crippen molar-refractivity contribution in [3.8, 4) is 0 Å². The summed E-state index contributed by atoms with van der Waals surface area (Å²) in [6.07, 6.45) is 0. The highest BCUT2D eigenvalue weighted by molar-refractivity contribution is 9.08. The molecule has 1 unspecified atom stereocenters. The highest BCUT2D eigenvalue weighted by Gasteiger charge is 2.47. The monoisotopic (exact) mass is 360 g/mol. The quantitative estimate of drug-likeness (QED) is 0.486. The van der Waals surface area contributed by atoms with Crippen LogP contribution in [0.3, 0.4) is 0 Å². The van der Waals surface area contributed by atoms with Gasteiger partial charge in [-0.15, -0.1) is 0 Å². The smallest absolute Gasteiger partial charge is 0.373 e. The lowest BCUT2D eigenvalue weighted by molar-refractivity contribution is 0.0633. The molecule has 0 amide bonds. The summed E-state index contributed by atoms with van der Waals surface area (Å²) < 4.78 is 17.9. The van der Waals surface area contributed by atoms with Crippen molar-refractivity contribution in [1.82, 2.24) is 0 Å². The van der Waals surface area contributed by atoms with Gasteiger partial charge in [-0.05, 0) is 31.9 Å². The Morgan fingerprint density at radius 3 is 1.75 bits per heavy atom. The fourth-order valence-corrected chi connectivity index (χ4v) is 5.38. The van der Waals surface area contributed by atoms with Gasteiger partial charge < -0.3 is 13.3 Å². The molecule has 0 aliphatic heterocycles. The van der Waals surface area contributed by atoms with Crippen LogP contribution in [-0.2, 0) is 18.6 Å². The minimum atomic E-state index is -2.68. The highest BCUT2D eigenvalue weighted by Crippen LogP contribution is 2.30. The average Bonchev–Trinajstić information content (AvgIpc) is 2.47. The molecule has 0 spiro atoms. The first-order chi connectivity index (χ1) is 9.63. The second-order valence-electron chi connectivity index (χ2n) is 4.50. The van der Waals surface area contributed by atoms with E-state index < -0.39 is 8.80 Å². The van der Waals surface area contributed by atoms with Gasteiger partial charge in [0.2, 0.25) is 0 Å². The molecule has 0 N–H and O–H groups in total. The van der Waals surface area contributed by atoms with E-state index in [1.807, 2.05) is 20.8 Å². The van der Waals surface area contributed by atoms with Crippen molar-refractivity contribution in [1.29, 1.82) is 0 Å². The Balaban J connectivity index is 3.02. The molecule has 0 heterocycles. The van der Waals surface area contributed by atoms with Crippen molar-refractivity contribution in [3.05, 3.63) is 35.4 Å². The van der Waals surface area contributed by atoms with E-state index in [9.17, 15) is 0 Å². The molecule has 114 valence electrons. The van der Waals surface area contributed by atoms with Gasteiger partial charge in [0.05, 0.1) is 5.54 Å². The fraction of sp³-hybridized carbons (Fsp3) is 0.600. The molecule has 0 fully saturated rings. The molecule has 1 rings (SSSR count). The van der Waals surface area contributed by atoms with E-state index in [2.05, 4.69) is 47.1 Å². The molecule has 5 heteroatoms. The Morgan fingerprint density at radius 2 is 1.40 bits per heavy atom. The van der Waals surface area contributed by atoms with Crippen LogP contribution in [0, 0.1) is 0 Å². The van der Waals surface area contributed by atoms with Gasteiger partial charge in [0, 0.05) is 25.2 Å². The normalized spacial score (nSPS) is 13.4. The van der Waals surface area contributed by atoms with Gasteiger partial charge in [-0.1, -0.05) is 47.1 Å². The maximum Gasteiger partial charge on any atom is 0.508 e. The molecular weight excluding hydrogens is 336 g/mol. The maximum atomic E-state index is 5.97. The molecule has 0 bridgehead atoms. The number of hydrogen-bond donors (Lipinski definition) is 0. The lowest BCUT2D eigenvalue weighted by Gasteiger charge is -2.33. The van der Waals surface area contributed by atoms with Crippen LogP contribution in [0.2, 0.25) is 0 Å². The molecule has 0 saturated heterocycles. The van der Waals surface area contributed by atoms with Crippen LogP contribution < -0.4 is 0 Å². The minimum Gasteiger partial charge on any atom is -0.373 e. The van der Waals surface area contributed by atoms with Crippen LogP contribution in [0.1, 0.15) is 44.4 Å². The second-order valence-corrected chi connectivity index (χ2v) is 8.00. The van der Waals surface area contributed by atoms with E-state index >= 15 is 0 Å². The maximum absolute atomic E-state index is 5.97. The van der Waals surface area contributed by atoms with Crippen molar-refractivity contribution >= 4 is 24.7 Å². The molecule has 0 aliphatic carbocycles. The van der Waals surface area contributed by atoms with Crippen molar-refractivity contribution in [2.24, 2.45) is 0 Å². The highest BCUT2D eigenvalue weighted by atomic mass is 79.9. The van der Waals surface area contributed by atoms with Gasteiger partial charge in [0.25, 0.3) is 0 Å². The number of benzene rings is 1. The third-order valence-corrected chi connectivity index (χ3v) is 7.32. The first-order valence-electron chi connectivity index (χ1n) is 7.20. The third-order valence-electron chi connectivity index (χ3n) is 3.20. The van der Waals surface area contributed by atoms with Crippen molar-refractivity contribution in [2.75, 3.05) is 19.8 Å². The topological polar surface area (TPSA) is 27.7 Å². The van der Waals surface area contributed by atoms with Gasteiger partial charge in [-0.25, -0.2) is 0 Å². The van der Waals surface area contributed by atoms with E-state index in [-0.39, 0.29) is 5.54 Å². The summed E-state index contributed by atoms with van der Waals surface area (Å²) >= 11 is 3.47. The summed E-state index contributed by atoms with van der Waals surface area (Å²) in [5.74, 6) is 0. The molecule has 0 radical (unpaired) electrons. The Kier molecular flexibility index (Phi) is 7.98. The standard InChI is InChI=1S/C15H25BrO3Si/c1-5-17-20(18-6-2,19-7-3)13(4)15-10-8-14(12-16)9-11-15/h8-11,13H,5-7,12H2,1-4H3. The second kappa shape index (κ2) is 8.95. The number of hydrogen-bond acceptors (Lipinski definition) is 3. The summed E-state index contributed by atoms with van der Waals surface area (Å²) in [6.45, 7) is 9.92. The van der Waals surface area contributed by atoms with Crippen LogP contribution >= 0.6 is 15.9 Å². The Morgan fingerprint density at radius 1 is 0.950 bits per heavy atom. The van der Waals surface area contributed by atoms with Crippen LogP contribution in [0.15, 0.2) is 24.3 Å². The van der Waals surface area contributed by atoms with E-state index in [0.29, 0.717) is 19.8 Å². The summed E-state index contributed by atoms with van der Waals surface area (Å²) in [5.41, 5.74) is 2.60. The predicted octanol–water partition coefficient (Wildman–Crippen LogP) is 4.27.